The van der Waals surface area contributed by atoms with E-state index in [0.29, 0.717) is 10.6 Å². The first-order valence-electron chi connectivity index (χ1n) is 5.76. The quantitative estimate of drug-likeness (QED) is 0.735. The van der Waals surface area contributed by atoms with Crippen LogP contribution in [0.25, 0.3) is 10.9 Å². The Morgan fingerprint density at radius 1 is 1.33 bits per heavy atom. The zero-order valence-electron chi connectivity index (χ0n) is 11.0. The van der Waals surface area contributed by atoms with E-state index in [4.69, 9.17) is 16.3 Å². The number of fused-ring (bicyclic) bond motifs is 1. The van der Waals surface area contributed by atoms with Crippen LogP contribution in [0.4, 0.5) is 0 Å². The van der Waals surface area contributed by atoms with Gasteiger partial charge in [-0.05, 0) is 39.0 Å². The predicted molar refractivity (Wildman–Crippen MR) is 73.1 cm³/mol. The molecule has 2 rings (SSSR count). The van der Waals surface area contributed by atoms with Crippen LogP contribution in [0, 0.1) is 0 Å². The second-order valence-corrected chi connectivity index (χ2v) is 5.75. The van der Waals surface area contributed by atoms with Crippen molar-refractivity contribution in [1.82, 2.24) is 4.57 Å². The van der Waals surface area contributed by atoms with Gasteiger partial charge in [0.1, 0.15) is 5.60 Å². The monoisotopic (exact) mass is 265 g/mol. The van der Waals surface area contributed by atoms with Gasteiger partial charge < -0.3 is 9.30 Å². The first-order valence-corrected chi connectivity index (χ1v) is 6.14. The highest BCUT2D eigenvalue weighted by Crippen LogP contribution is 2.26. The van der Waals surface area contributed by atoms with E-state index < -0.39 is 5.60 Å². The second kappa shape index (κ2) is 4.32. The summed E-state index contributed by atoms with van der Waals surface area (Å²) in [6, 6.07) is 5.49. The Balaban J connectivity index is 2.51. The lowest BCUT2D eigenvalue weighted by Crippen LogP contribution is -2.23. The number of hydrogen-bond donors (Lipinski definition) is 0. The van der Waals surface area contributed by atoms with Gasteiger partial charge in [-0.15, -0.1) is 0 Å². The number of carbonyl (C=O) groups is 1. The summed E-state index contributed by atoms with van der Waals surface area (Å²) in [4.78, 5) is 12.1. The van der Waals surface area contributed by atoms with Crippen molar-refractivity contribution >= 4 is 28.5 Å². The van der Waals surface area contributed by atoms with Crippen LogP contribution in [0.3, 0.4) is 0 Å². The molecule has 0 amide bonds. The van der Waals surface area contributed by atoms with Gasteiger partial charge in [0, 0.05) is 29.2 Å². The lowest BCUT2D eigenvalue weighted by atomic mass is 10.1. The third-order valence-corrected chi connectivity index (χ3v) is 2.81. The van der Waals surface area contributed by atoms with E-state index in [0.717, 1.165) is 10.9 Å². The van der Waals surface area contributed by atoms with Crippen LogP contribution < -0.4 is 0 Å². The maximum absolute atomic E-state index is 12.1. The van der Waals surface area contributed by atoms with Crippen LogP contribution in [0.1, 0.15) is 31.1 Å². The highest BCUT2D eigenvalue weighted by Gasteiger charge is 2.21. The number of hydrogen-bond acceptors (Lipinski definition) is 2. The standard InChI is InChI=1S/C14H16ClNO2/c1-14(2,3)18-13(17)11-8-16(4)12-6-5-9(15)7-10(11)12/h5-8H,1-4H3. The molecule has 1 heterocycles. The molecule has 0 atom stereocenters. The van der Waals surface area contributed by atoms with Gasteiger partial charge in [0.2, 0.25) is 0 Å². The fourth-order valence-corrected chi connectivity index (χ4v) is 2.03. The Bertz CT molecular complexity index is 608. The lowest BCUT2D eigenvalue weighted by Gasteiger charge is -2.19. The molecule has 18 heavy (non-hydrogen) atoms. The number of esters is 1. The molecule has 1 aromatic heterocycles. The molecular formula is C14H16ClNO2. The molecule has 0 saturated heterocycles. The minimum atomic E-state index is -0.502. The molecule has 2 aromatic rings. The zero-order valence-corrected chi connectivity index (χ0v) is 11.7. The number of rotatable bonds is 1. The molecule has 4 heteroatoms. The Kier molecular flexibility index (Phi) is 3.11. The Hall–Kier alpha value is -1.48. The summed E-state index contributed by atoms with van der Waals surface area (Å²) in [6.07, 6.45) is 1.77. The van der Waals surface area contributed by atoms with E-state index in [-0.39, 0.29) is 5.97 Å². The summed E-state index contributed by atoms with van der Waals surface area (Å²) < 4.78 is 7.28. The predicted octanol–water partition coefficient (Wildman–Crippen LogP) is 3.79. The fourth-order valence-electron chi connectivity index (χ4n) is 1.86. The van der Waals surface area contributed by atoms with Crippen LogP contribution in [-0.2, 0) is 11.8 Å². The highest BCUT2D eigenvalue weighted by atomic mass is 35.5. The SMILES string of the molecule is Cn1cc(C(=O)OC(C)(C)C)c2cc(Cl)ccc21. The van der Waals surface area contributed by atoms with Gasteiger partial charge in [-0.25, -0.2) is 4.79 Å². The third-order valence-electron chi connectivity index (χ3n) is 2.57. The molecule has 3 nitrogen and oxygen atoms in total. The molecule has 0 saturated carbocycles. The Morgan fingerprint density at radius 2 is 2.00 bits per heavy atom. The van der Waals surface area contributed by atoms with Gasteiger partial charge in [0.15, 0.2) is 0 Å². The van der Waals surface area contributed by atoms with Gasteiger partial charge in [-0.1, -0.05) is 11.6 Å². The molecule has 0 aliphatic carbocycles. The first kappa shape index (κ1) is 13.0. The summed E-state index contributed by atoms with van der Waals surface area (Å²) >= 11 is 5.98. The molecule has 0 N–H and O–H groups in total. The smallest absolute Gasteiger partial charge is 0.340 e. The summed E-state index contributed by atoms with van der Waals surface area (Å²) in [6.45, 7) is 5.55. The van der Waals surface area contributed by atoms with E-state index in [2.05, 4.69) is 0 Å². The minimum Gasteiger partial charge on any atom is -0.456 e. The van der Waals surface area contributed by atoms with E-state index >= 15 is 0 Å². The largest absolute Gasteiger partial charge is 0.456 e. The van der Waals surface area contributed by atoms with Crippen molar-refractivity contribution in [2.45, 2.75) is 26.4 Å². The Labute approximate surface area is 111 Å². The van der Waals surface area contributed by atoms with Gasteiger partial charge in [-0.2, -0.15) is 0 Å². The molecular weight excluding hydrogens is 250 g/mol. The average Bonchev–Trinajstić information content (AvgIpc) is 2.53. The van der Waals surface area contributed by atoms with E-state index in [1.54, 1.807) is 12.3 Å². The van der Waals surface area contributed by atoms with Crippen LogP contribution in [-0.4, -0.2) is 16.1 Å². The molecule has 0 fully saturated rings. The van der Waals surface area contributed by atoms with Crippen LogP contribution in [0.5, 0.6) is 0 Å². The van der Waals surface area contributed by atoms with Gasteiger partial charge in [0.25, 0.3) is 0 Å². The highest BCUT2D eigenvalue weighted by molar-refractivity contribution is 6.31. The summed E-state index contributed by atoms with van der Waals surface area (Å²) in [5.41, 5.74) is 1.00. The average molecular weight is 266 g/mol. The summed E-state index contributed by atoms with van der Waals surface area (Å²) in [5, 5.41) is 1.43. The minimum absolute atomic E-state index is 0.324. The maximum Gasteiger partial charge on any atom is 0.340 e. The van der Waals surface area contributed by atoms with Crippen molar-refractivity contribution < 1.29 is 9.53 Å². The zero-order chi connectivity index (χ0) is 13.5. The number of aromatic nitrogens is 1. The number of ether oxygens (including phenoxy) is 1. The van der Waals surface area contributed by atoms with Crippen molar-refractivity contribution in [3.8, 4) is 0 Å². The Morgan fingerprint density at radius 3 is 2.61 bits per heavy atom. The molecule has 0 spiro atoms. The van der Waals surface area contributed by atoms with Crippen molar-refractivity contribution in [2.75, 3.05) is 0 Å². The number of aryl methyl sites for hydroxylation is 1. The van der Waals surface area contributed by atoms with Gasteiger partial charge in [0.05, 0.1) is 5.56 Å². The molecule has 0 radical (unpaired) electrons. The summed E-state index contributed by atoms with van der Waals surface area (Å²) in [5.74, 6) is -0.324. The van der Waals surface area contributed by atoms with Crippen molar-refractivity contribution in [2.24, 2.45) is 7.05 Å². The van der Waals surface area contributed by atoms with Crippen molar-refractivity contribution in [3.63, 3.8) is 0 Å². The molecule has 96 valence electrons. The summed E-state index contributed by atoms with van der Waals surface area (Å²) in [7, 11) is 1.89. The van der Waals surface area contributed by atoms with Crippen LogP contribution >= 0.6 is 11.6 Å². The van der Waals surface area contributed by atoms with E-state index in [9.17, 15) is 4.79 Å². The van der Waals surface area contributed by atoms with Gasteiger partial charge >= 0.3 is 5.97 Å². The molecule has 0 unspecified atom stereocenters. The van der Waals surface area contributed by atoms with E-state index in [1.165, 1.54) is 0 Å². The molecule has 0 bridgehead atoms. The van der Waals surface area contributed by atoms with E-state index in [1.807, 2.05) is 44.5 Å². The maximum atomic E-state index is 12.1. The normalized spacial score (nSPS) is 11.8. The third kappa shape index (κ3) is 2.51. The van der Waals surface area contributed by atoms with Crippen molar-refractivity contribution in [3.05, 3.63) is 35.0 Å². The van der Waals surface area contributed by atoms with Crippen molar-refractivity contribution in [1.29, 1.82) is 0 Å². The topological polar surface area (TPSA) is 31.2 Å². The molecule has 0 aliphatic rings. The molecule has 0 aliphatic heterocycles. The fraction of sp³-hybridized carbons (Fsp3) is 0.357. The number of nitrogens with zero attached hydrogens (tertiary/aromatic N) is 1. The van der Waals surface area contributed by atoms with Gasteiger partial charge in [-0.3, -0.25) is 0 Å². The second-order valence-electron chi connectivity index (χ2n) is 5.32. The lowest BCUT2D eigenvalue weighted by molar-refractivity contribution is 0.00717. The number of carbonyl (C=O) groups excluding carboxylic acids is 1. The van der Waals surface area contributed by atoms with Crippen LogP contribution in [0.2, 0.25) is 5.02 Å². The first-order chi connectivity index (χ1) is 8.28. The number of benzene rings is 1. The molecule has 1 aromatic carbocycles. The van der Waals surface area contributed by atoms with Crippen LogP contribution in [0.15, 0.2) is 24.4 Å². The number of halogens is 1.